The van der Waals surface area contributed by atoms with Gasteiger partial charge in [0.1, 0.15) is 0 Å². The van der Waals surface area contributed by atoms with Crippen molar-refractivity contribution < 1.29 is 5.11 Å². The summed E-state index contributed by atoms with van der Waals surface area (Å²) in [6, 6.07) is 1.33. The number of aliphatic hydroxyl groups is 1. The first-order valence-corrected chi connectivity index (χ1v) is 7.22. The van der Waals surface area contributed by atoms with Gasteiger partial charge in [0.25, 0.3) is 0 Å². The Hall–Kier alpha value is -0.0800. The Labute approximate surface area is 99.8 Å². The van der Waals surface area contributed by atoms with E-state index in [9.17, 15) is 5.11 Å². The van der Waals surface area contributed by atoms with Crippen LogP contribution >= 0.6 is 0 Å². The van der Waals surface area contributed by atoms with Crippen molar-refractivity contribution in [3.05, 3.63) is 0 Å². The van der Waals surface area contributed by atoms with Gasteiger partial charge in [-0.1, -0.05) is 32.6 Å². The number of hydrogen-bond acceptors (Lipinski definition) is 2. The molecule has 0 saturated heterocycles. The van der Waals surface area contributed by atoms with E-state index >= 15 is 0 Å². The fourth-order valence-electron chi connectivity index (χ4n) is 3.67. The molecule has 0 aliphatic heterocycles. The third-order valence-corrected chi connectivity index (χ3v) is 4.76. The molecule has 0 aromatic carbocycles. The van der Waals surface area contributed by atoms with Crippen LogP contribution in [0.1, 0.15) is 58.3 Å². The highest BCUT2D eigenvalue weighted by molar-refractivity contribution is 4.89. The van der Waals surface area contributed by atoms with Crippen LogP contribution in [-0.4, -0.2) is 23.8 Å². The topological polar surface area (TPSA) is 32.3 Å². The van der Waals surface area contributed by atoms with Crippen molar-refractivity contribution >= 4 is 0 Å². The minimum absolute atomic E-state index is 0.376. The highest BCUT2D eigenvalue weighted by Crippen LogP contribution is 2.31. The highest BCUT2D eigenvalue weighted by atomic mass is 16.3. The second-order valence-corrected chi connectivity index (χ2v) is 5.71. The molecule has 0 aromatic heterocycles. The van der Waals surface area contributed by atoms with Crippen LogP contribution in [0.25, 0.3) is 0 Å². The summed E-state index contributed by atoms with van der Waals surface area (Å²) in [7, 11) is 0. The SMILES string of the molecule is CCC1CCCCC1NC1CCCC1CO. The lowest BCUT2D eigenvalue weighted by molar-refractivity contribution is 0.174. The van der Waals surface area contributed by atoms with E-state index in [0.29, 0.717) is 18.6 Å². The molecule has 16 heavy (non-hydrogen) atoms. The van der Waals surface area contributed by atoms with Crippen LogP contribution in [-0.2, 0) is 0 Å². The monoisotopic (exact) mass is 225 g/mol. The zero-order valence-corrected chi connectivity index (χ0v) is 10.6. The smallest absolute Gasteiger partial charge is 0.0474 e. The minimum Gasteiger partial charge on any atom is -0.396 e. The van der Waals surface area contributed by atoms with E-state index in [1.54, 1.807) is 0 Å². The maximum absolute atomic E-state index is 9.35. The summed E-state index contributed by atoms with van der Waals surface area (Å²) in [6.45, 7) is 2.70. The maximum atomic E-state index is 9.35. The Bertz CT molecular complexity index is 207. The van der Waals surface area contributed by atoms with Gasteiger partial charge in [-0.25, -0.2) is 0 Å². The third-order valence-electron chi connectivity index (χ3n) is 4.76. The number of aliphatic hydroxyl groups excluding tert-OH is 1. The van der Waals surface area contributed by atoms with Crippen LogP contribution in [0.5, 0.6) is 0 Å². The van der Waals surface area contributed by atoms with Gasteiger partial charge in [0.05, 0.1) is 0 Å². The maximum Gasteiger partial charge on any atom is 0.0474 e. The first-order chi connectivity index (χ1) is 7.85. The first kappa shape index (κ1) is 12.4. The van der Waals surface area contributed by atoms with Crippen LogP contribution in [0.2, 0.25) is 0 Å². The molecule has 0 amide bonds. The van der Waals surface area contributed by atoms with Crippen LogP contribution in [0, 0.1) is 11.8 Å². The lowest BCUT2D eigenvalue weighted by Gasteiger charge is -2.35. The molecule has 4 atom stereocenters. The van der Waals surface area contributed by atoms with Crippen molar-refractivity contribution in [2.75, 3.05) is 6.61 Å². The Morgan fingerprint density at radius 3 is 2.31 bits per heavy atom. The van der Waals surface area contributed by atoms with Crippen LogP contribution in [0.3, 0.4) is 0 Å². The Morgan fingerprint density at radius 2 is 1.56 bits per heavy atom. The van der Waals surface area contributed by atoms with E-state index in [1.807, 2.05) is 0 Å². The molecule has 4 unspecified atom stereocenters. The van der Waals surface area contributed by atoms with Crippen molar-refractivity contribution in [3.8, 4) is 0 Å². The van der Waals surface area contributed by atoms with Gasteiger partial charge in [0, 0.05) is 18.7 Å². The summed E-state index contributed by atoms with van der Waals surface area (Å²) in [5, 5.41) is 13.2. The second kappa shape index (κ2) is 6.02. The fourth-order valence-corrected chi connectivity index (χ4v) is 3.67. The number of hydrogen-bond donors (Lipinski definition) is 2. The molecule has 2 N–H and O–H groups in total. The molecule has 2 saturated carbocycles. The highest BCUT2D eigenvalue weighted by Gasteiger charge is 2.31. The molecule has 2 aliphatic rings. The quantitative estimate of drug-likeness (QED) is 0.771. The summed E-state index contributed by atoms with van der Waals surface area (Å²) in [5.41, 5.74) is 0. The molecule has 2 nitrogen and oxygen atoms in total. The number of rotatable bonds is 4. The predicted octanol–water partition coefficient (Wildman–Crippen LogP) is 2.71. The lowest BCUT2D eigenvalue weighted by Crippen LogP contribution is -2.46. The molecule has 2 heteroatoms. The Balaban J connectivity index is 1.86. The fraction of sp³-hybridized carbons (Fsp3) is 1.00. The molecule has 0 spiro atoms. The second-order valence-electron chi connectivity index (χ2n) is 5.71. The average Bonchev–Trinajstić information content (AvgIpc) is 2.77. The molecule has 94 valence electrons. The van der Waals surface area contributed by atoms with Crippen molar-refractivity contribution in [1.82, 2.24) is 5.32 Å². The van der Waals surface area contributed by atoms with Crippen molar-refractivity contribution in [2.24, 2.45) is 11.8 Å². The van der Waals surface area contributed by atoms with E-state index in [-0.39, 0.29) is 0 Å². The van der Waals surface area contributed by atoms with E-state index in [1.165, 1.54) is 51.4 Å². The van der Waals surface area contributed by atoms with Gasteiger partial charge in [0.15, 0.2) is 0 Å². The molecular weight excluding hydrogens is 198 g/mol. The number of nitrogens with one attached hydrogen (secondary N) is 1. The van der Waals surface area contributed by atoms with Gasteiger partial charge in [-0.15, -0.1) is 0 Å². The first-order valence-electron chi connectivity index (χ1n) is 7.22. The van der Waals surface area contributed by atoms with Crippen LogP contribution in [0.15, 0.2) is 0 Å². The molecule has 2 fully saturated rings. The molecule has 0 heterocycles. The summed E-state index contributed by atoms with van der Waals surface area (Å²) >= 11 is 0. The van der Waals surface area contributed by atoms with Crippen LogP contribution < -0.4 is 5.32 Å². The van der Waals surface area contributed by atoms with Gasteiger partial charge in [-0.3, -0.25) is 0 Å². The van der Waals surface area contributed by atoms with E-state index in [2.05, 4.69) is 12.2 Å². The van der Waals surface area contributed by atoms with Crippen molar-refractivity contribution in [3.63, 3.8) is 0 Å². The lowest BCUT2D eigenvalue weighted by atomic mass is 9.82. The summed E-state index contributed by atoms with van der Waals surface area (Å²) in [6.07, 6.45) is 10.7. The molecule has 2 rings (SSSR count). The third kappa shape index (κ3) is 2.78. The Kier molecular flexibility index (Phi) is 4.66. The molecule has 2 aliphatic carbocycles. The van der Waals surface area contributed by atoms with Gasteiger partial charge in [-0.05, 0) is 37.5 Å². The van der Waals surface area contributed by atoms with E-state index in [4.69, 9.17) is 0 Å². The minimum atomic E-state index is 0.376. The van der Waals surface area contributed by atoms with Crippen LogP contribution in [0.4, 0.5) is 0 Å². The van der Waals surface area contributed by atoms with Crippen molar-refractivity contribution in [2.45, 2.75) is 70.4 Å². The zero-order valence-electron chi connectivity index (χ0n) is 10.6. The molecule has 0 radical (unpaired) electrons. The molecule has 0 aromatic rings. The standard InChI is InChI=1S/C14H27NO/c1-2-11-6-3-4-8-13(11)15-14-9-5-7-12(14)10-16/h11-16H,2-10H2,1H3. The molecule has 0 bridgehead atoms. The van der Waals surface area contributed by atoms with Gasteiger partial charge in [0.2, 0.25) is 0 Å². The summed E-state index contributed by atoms with van der Waals surface area (Å²) < 4.78 is 0. The molecular formula is C14H27NO. The zero-order chi connectivity index (χ0) is 11.4. The van der Waals surface area contributed by atoms with Gasteiger partial charge in [-0.2, -0.15) is 0 Å². The largest absolute Gasteiger partial charge is 0.396 e. The summed E-state index contributed by atoms with van der Waals surface area (Å²) in [5.74, 6) is 1.41. The van der Waals surface area contributed by atoms with E-state index in [0.717, 1.165) is 12.0 Å². The normalized spacial score (nSPS) is 40.1. The van der Waals surface area contributed by atoms with Gasteiger partial charge >= 0.3 is 0 Å². The van der Waals surface area contributed by atoms with Crippen molar-refractivity contribution in [1.29, 1.82) is 0 Å². The average molecular weight is 225 g/mol. The Morgan fingerprint density at radius 1 is 0.938 bits per heavy atom. The predicted molar refractivity (Wildman–Crippen MR) is 67.4 cm³/mol. The van der Waals surface area contributed by atoms with E-state index < -0.39 is 0 Å². The van der Waals surface area contributed by atoms with Gasteiger partial charge < -0.3 is 10.4 Å². The summed E-state index contributed by atoms with van der Waals surface area (Å²) in [4.78, 5) is 0.